The first-order chi connectivity index (χ1) is 7.45. The molecule has 3 nitrogen and oxygen atoms in total. The summed E-state index contributed by atoms with van der Waals surface area (Å²) in [5.41, 5.74) is 1.43. The molecule has 0 aliphatic carbocycles. The minimum atomic E-state index is -0.452. The highest BCUT2D eigenvalue weighted by molar-refractivity contribution is 6.31. The van der Waals surface area contributed by atoms with Gasteiger partial charge >= 0.3 is 0 Å². The molecule has 0 saturated heterocycles. The molecule has 1 amide bonds. The van der Waals surface area contributed by atoms with Crippen molar-refractivity contribution >= 4 is 17.5 Å². The molecular weight excluding hydrogens is 224 g/mol. The van der Waals surface area contributed by atoms with Crippen LogP contribution in [0.15, 0.2) is 18.2 Å². The van der Waals surface area contributed by atoms with E-state index in [1.165, 1.54) is 4.90 Å². The summed E-state index contributed by atoms with van der Waals surface area (Å²) in [6.45, 7) is 3.55. The van der Waals surface area contributed by atoms with E-state index in [0.717, 1.165) is 5.56 Å². The molecule has 1 aromatic carbocycles. The van der Waals surface area contributed by atoms with Crippen molar-refractivity contribution < 1.29 is 4.79 Å². The summed E-state index contributed by atoms with van der Waals surface area (Å²) in [5, 5.41) is 9.27. The lowest BCUT2D eigenvalue weighted by molar-refractivity contribution is 0.0773. The van der Waals surface area contributed by atoms with Gasteiger partial charge < -0.3 is 4.90 Å². The fourth-order valence-corrected chi connectivity index (χ4v) is 1.62. The van der Waals surface area contributed by atoms with Crippen LogP contribution in [-0.4, -0.2) is 23.9 Å². The topological polar surface area (TPSA) is 44.1 Å². The molecule has 0 radical (unpaired) electrons. The highest BCUT2D eigenvalue weighted by atomic mass is 35.5. The Morgan fingerprint density at radius 3 is 2.62 bits per heavy atom. The molecule has 0 aliphatic heterocycles. The molecule has 4 heteroatoms. The number of carbonyl (C=O) groups is 1. The molecule has 0 heterocycles. The van der Waals surface area contributed by atoms with Gasteiger partial charge in [-0.3, -0.25) is 4.79 Å². The van der Waals surface area contributed by atoms with Gasteiger partial charge in [-0.25, -0.2) is 0 Å². The molecule has 0 aromatic heterocycles. The fourth-order valence-electron chi connectivity index (χ4n) is 1.33. The molecule has 1 unspecified atom stereocenters. The maximum atomic E-state index is 12.0. The summed E-state index contributed by atoms with van der Waals surface area (Å²) in [4.78, 5) is 13.4. The SMILES string of the molecule is Cc1cc(Cl)cc(C(=O)N(C)C(C)C#N)c1. The molecule has 84 valence electrons. The summed E-state index contributed by atoms with van der Waals surface area (Å²) < 4.78 is 0. The van der Waals surface area contributed by atoms with Crippen molar-refractivity contribution in [3.8, 4) is 6.07 Å². The van der Waals surface area contributed by atoms with Crippen molar-refractivity contribution in [3.63, 3.8) is 0 Å². The van der Waals surface area contributed by atoms with Crippen LogP contribution in [0.25, 0.3) is 0 Å². The number of rotatable bonds is 2. The van der Waals surface area contributed by atoms with Gasteiger partial charge in [0.15, 0.2) is 0 Å². The monoisotopic (exact) mass is 236 g/mol. The molecular formula is C12H13ClN2O. The summed E-state index contributed by atoms with van der Waals surface area (Å²) >= 11 is 5.88. The number of nitrogens with zero attached hydrogens (tertiary/aromatic N) is 2. The van der Waals surface area contributed by atoms with Crippen molar-refractivity contribution in [1.82, 2.24) is 4.90 Å². The maximum absolute atomic E-state index is 12.0. The smallest absolute Gasteiger partial charge is 0.254 e. The molecule has 16 heavy (non-hydrogen) atoms. The van der Waals surface area contributed by atoms with Gasteiger partial charge in [0.2, 0.25) is 0 Å². The van der Waals surface area contributed by atoms with Crippen molar-refractivity contribution in [2.45, 2.75) is 19.9 Å². The van der Waals surface area contributed by atoms with Crippen molar-refractivity contribution in [2.75, 3.05) is 7.05 Å². The zero-order valence-electron chi connectivity index (χ0n) is 9.49. The van der Waals surface area contributed by atoms with E-state index in [4.69, 9.17) is 16.9 Å². The Labute approximate surface area is 100 Å². The number of hydrogen-bond donors (Lipinski definition) is 0. The first-order valence-corrected chi connectivity index (χ1v) is 5.27. The van der Waals surface area contributed by atoms with Gasteiger partial charge in [0.1, 0.15) is 6.04 Å². The maximum Gasteiger partial charge on any atom is 0.254 e. The minimum absolute atomic E-state index is 0.195. The quantitative estimate of drug-likeness (QED) is 0.792. The van der Waals surface area contributed by atoms with E-state index < -0.39 is 6.04 Å². The third-order valence-corrected chi connectivity index (χ3v) is 2.60. The van der Waals surface area contributed by atoms with Gasteiger partial charge in [-0.1, -0.05) is 11.6 Å². The van der Waals surface area contributed by atoms with E-state index in [-0.39, 0.29) is 5.91 Å². The highest BCUT2D eigenvalue weighted by Crippen LogP contribution is 2.16. The number of nitriles is 1. The van der Waals surface area contributed by atoms with E-state index in [1.54, 1.807) is 32.2 Å². The Kier molecular flexibility index (Phi) is 3.92. The molecule has 1 aromatic rings. The number of halogens is 1. The van der Waals surface area contributed by atoms with Crippen LogP contribution >= 0.6 is 11.6 Å². The van der Waals surface area contributed by atoms with Gasteiger partial charge in [0.05, 0.1) is 6.07 Å². The van der Waals surface area contributed by atoms with E-state index in [0.29, 0.717) is 10.6 Å². The summed E-state index contributed by atoms with van der Waals surface area (Å²) in [5.74, 6) is -0.195. The molecule has 1 atom stereocenters. The average molecular weight is 237 g/mol. The van der Waals surface area contributed by atoms with Gasteiger partial charge in [0, 0.05) is 17.6 Å². The number of benzene rings is 1. The van der Waals surface area contributed by atoms with Crippen molar-refractivity contribution in [2.24, 2.45) is 0 Å². The summed E-state index contributed by atoms with van der Waals surface area (Å²) in [6, 6.07) is 6.72. The zero-order valence-corrected chi connectivity index (χ0v) is 10.2. The number of aryl methyl sites for hydroxylation is 1. The molecule has 0 fully saturated rings. The summed E-state index contributed by atoms with van der Waals surface area (Å²) in [7, 11) is 1.60. The van der Waals surface area contributed by atoms with E-state index in [1.807, 2.05) is 13.0 Å². The predicted molar refractivity (Wildman–Crippen MR) is 63.4 cm³/mol. The number of hydrogen-bond acceptors (Lipinski definition) is 2. The normalized spacial score (nSPS) is 11.7. The Bertz CT molecular complexity index is 431. The molecule has 0 aliphatic rings. The highest BCUT2D eigenvalue weighted by Gasteiger charge is 2.17. The van der Waals surface area contributed by atoms with Crippen LogP contribution in [0, 0.1) is 18.3 Å². The Morgan fingerprint density at radius 1 is 1.50 bits per heavy atom. The van der Waals surface area contributed by atoms with Gasteiger partial charge in [-0.2, -0.15) is 5.26 Å². The standard InChI is InChI=1S/C12H13ClN2O/c1-8-4-10(6-11(13)5-8)12(16)15(3)9(2)7-14/h4-6,9H,1-3H3. The number of amides is 1. The van der Waals surface area contributed by atoms with Gasteiger partial charge in [-0.15, -0.1) is 0 Å². The predicted octanol–water partition coefficient (Wildman–Crippen LogP) is 2.63. The molecule has 0 spiro atoms. The number of carbonyl (C=O) groups excluding carboxylic acids is 1. The Balaban J connectivity index is 3.01. The van der Waals surface area contributed by atoms with E-state index in [9.17, 15) is 4.79 Å². The largest absolute Gasteiger partial charge is 0.326 e. The molecule has 0 N–H and O–H groups in total. The van der Waals surface area contributed by atoms with Crippen LogP contribution in [0.3, 0.4) is 0 Å². The Morgan fingerprint density at radius 2 is 2.12 bits per heavy atom. The van der Waals surface area contributed by atoms with Gasteiger partial charge in [-0.05, 0) is 37.6 Å². The second-order valence-corrected chi connectivity index (χ2v) is 4.17. The van der Waals surface area contributed by atoms with Gasteiger partial charge in [0.25, 0.3) is 5.91 Å². The van der Waals surface area contributed by atoms with E-state index in [2.05, 4.69) is 0 Å². The molecule has 0 bridgehead atoms. The Hall–Kier alpha value is -1.53. The van der Waals surface area contributed by atoms with Crippen LogP contribution in [0.5, 0.6) is 0 Å². The first-order valence-electron chi connectivity index (χ1n) is 4.89. The zero-order chi connectivity index (χ0) is 12.3. The summed E-state index contributed by atoms with van der Waals surface area (Å²) in [6.07, 6.45) is 0. The van der Waals surface area contributed by atoms with Crippen LogP contribution in [0.4, 0.5) is 0 Å². The molecule has 0 saturated carbocycles. The van der Waals surface area contributed by atoms with Crippen LogP contribution < -0.4 is 0 Å². The second-order valence-electron chi connectivity index (χ2n) is 3.74. The lowest BCUT2D eigenvalue weighted by Gasteiger charge is -2.19. The second kappa shape index (κ2) is 5.00. The first kappa shape index (κ1) is 12.5. The lowest BCUT2D eigenvalue weighted by atomic mass is 10.1. The van der Waals surface area contributed by atoms with Crippen molar-refractivity contribution in [3.05, 3.63) is 34.3 Å². The van der Waals surface area contributed by atoms with Crippen molar-refractivity contribution in [1.29, 1.82) is 5.26 Å². The van der Waals surface area contributed by atoms with E-state index >= 15 is 0 Å². The third kappa shape index (κ3) is 2.74. The van der Waals surface area contributed by atoms with Crippen LogP contribution in [-0.2, 0) is 0 Å². The minimum Gasteiger partial charge on any atom is -0.326 e. The fraction of sp³-hybridized carbons (Fsp3) is 0.333. The lowest BCUT2D eigenvalue weighted by Crippen LogP contribution is -2.34. The third-order valence-electron chi connectivity index (χ3n) is 2.38. The van der Waals surface area contributed by atoms with Crippen LogP contribution in [0.2, 0.25) is 5.02 Å². The van der Waals surface area contributed by atoms with Crippen LogP contribution in [0.1, 0.15) is 22.8 Å². The average Bonchev–Trinajstić information content (AvgIpc) is 2.24. The molecule has 1 rings (SSSR count).